The topological polar surface area (TPSA) is 70.4 Å². The zero-order chi connectivity index (χ0) is 21.2. The van der Waals surface area contributed by atoms with Crippen LogP contribution in [0.1, 0.15) is 24.5 Å². The summed E-state index contributed by atoms with van der Waals surface area (Å²) < 4.78 is 34.3. The number of ether oxygens (including phenoxy) is 1. The number of fused-ring (bicyclic) bond motifs is 1. The van der Waals surface area contributed by atoms with E-state index in [9.17, 15) is 13.7 Å². The summed E-state index contributed by atoms with van der Waals surface area (Å²) in [5, 5.41) is 9.56. The van der Waals surface area contributed by atoms with Crippen molar-refractivity contribution in [1.82, 2.24) is 0 Å². The molecule has 1 aliphatic heterocycles. The predicted octanol–water partition coefficient (Wildman–Crippen LogP) is 4.69. The number of nitrogens with zero attached hydrogens (tertiary/aromatic N) is 2. The van der Waals surface area contributed by atoms with Crippen LogP contribution < -0.4 is 9.04 Å². The SMILES string of the molecule is CCC1(C#N)Cc2cc(N(Cc3ccccc3)S(=O)(=O)c3ccccc3)ccc2O1. The van der Waals surface area contributed by atoms with Gasteiger partial charge in [0, 0.05) is 12.0 Å². The molecule has 5 nitrogen and oxygen atoms in total. The van der Waals surface area contributed by atoms with Gasteiger partial charge in [0.2, 0.25) is 0 Å². The smallest absolute Gasteiger partial charge is 0.264 e. The average molecular weight is 419 g/mol. The Kier molecular flexibility index (Phi) is 5.23. The van der Waals surface area contributed by atoms with Gasteiger partial charge in [-0.2, -0.15) is 5.26 Å². The van der Waals surface area contributed by atoms with E-state index in [0.29, 0.717) is 24.3 Å². The highest BCUT2D eigenvalue weighted by Gasteiger charge is 2.38. The molecule has 6 heteroatoms. The second-order valence-electron chi connectivity index (χ2n) is 7.34. The summed E-state index contributed by atoms with van der Waals surface area (Å²) in [5.74, 6) is 0.638. The molecule has 3 aromatic carbocycles. The van der Waals surface area contributed by atoms with Crippen LogP contribution in [0.25, 0.3) is 0 Å². The van der Waals surface area contributed by atoms with Crippen LogP contribution in [0, 0.1) is 11.3 Å². The van der Waals surface area contributed by atoms with Crippen molar-refractivity contribution in [3.8, 4) is 11.8 Å². The average Bonchev–Trinajstić information content (AvgIpc) is 3.17. The van der Waals surface area contributed by atoms with E-state index in [1.54, 1.807) is 42.5 Å². The van der Waals surface area contributed by atoms with Crippen molar-refractivity contribution < 1.29 is 13.2 Å². The van der Waals surface area contributed by atoms with Crippen LogP contribution in [0.5, 0.6) is 5.75 Å². The highest BCUT2D eigenvalue weighted by Crippen LogP contribution is 2.40. The lowest BCUT2D eigenvalue weighted by atomic mass is 9.96. The van der Waals surface area contributed by atoms with E-state index in [1.165, 1.54) is 4.31 Å². The first-order chi connectivity index (χ1) is 14.5. The van der Waals surface area contributed by atoms with Gasteiger partial charge in [0.1, 0.15) is 11.8 Å². The van der Waals surface area contributed by atoms with Crippen molar-refractivity contribution in [2.75, 3.05) is 4.31 Å². The van der Waals surface area contributed by atoms with Gasteiger partial charge in [-0.05, 0) is 42.3 Å². The Balaban J connectivity index is 1.78. The van der Waals surface area contributed by atoms with Crippen LogP contribution in [0.2, 0.25) is 0 Å². The predicted molar refractivity (Wildman–Crippen MR) is 116 cm³/mol. The molecule has 0 saturated heterocycles. The van der Waals surface area contributed by atoms with Gasteiger partial charge in [-0.1, -0.05) is 55.5 Å². The van der Waals surface area contributed by atoms with E-state index in [-0.39, 0.29) is 11.4 Å². The van der Waals surface area contributed by atoms with Crippen LogP contribution in [-0.2, 0) is 23.0 Å². The molecule has 152 valence electrons. The van der Waals surface area contributed by atoms with Gasteiger partial charge in [0.05, 0.1) is 17.1 Å². The van der Waals surface area contributed by atoms with E-state index in [1.807, 2.05) is 43.3 Å². The molecule has 1 unspecified atom stereocenters. The first kappa shape index (κ1) is 20.0. The third kappa shape index (κ3) is 3.64. The molecular formula is C24H22N2O3S. The molecular weight excluding hydrogens is 396 g/mol. The summed E-state index contributed by atoms with van der Waals surface area (Å²) in [6.45, 7) is 2.12. The molecule has 0 spiro atoms. The summed E-state index contributed by atoms with van der Waals surface area (Å²) in [5.41, 5.74) is 1.39. The van der Waals surface area contributed by atoms with E-state index >= 15 is 0 Å². The first-order valence-corrected chi connectivity index (χ1v) is 11.3. The van der Waals surface area contributed by atoms with Gasteiger partial charge in [-0.15, -0.1) is 0 Å². The van der Waals surface area contributed by atoms with Gasteiger partial charge in [-0.25, -0.2) is 8.42 Å². The van der Waals surface area contributed by atoms with Gasteiger partial charge in [0.25, 0.3) is 10.0 Å². The Labute approximate surface area is 177 Å². The summed E-state index contributed by atoms with van der Waals surface area (Å²) in [7, 11) is -3.78. The van der Waals surface area contributed by atoms with E-state index in [4.69, 9.17) is 4.74 Å². The minimum atomic E-state index is -3.78. The molecule has 0 radical (unpaired) electrons. The van der Waals surface area contributed by atoms with Crippen molar-refractivity contribution in [3.63, 3.8) is 0 Å². The zero-order valence-electron chi connectivity index (χ0n) is 16.7. The number of nitriles is 1. The van der Waals surface area contributed by atoms with Crippen LogP contribution in [-0.4, -0.2) is 14.0 Å². The van der Waals surface area contributed by atoms with Crippen molar-refractivity contribution in [2.45, 2.75) is 36.8 Å². The number of hydrogen-bond donors (Lipinski definition) is 0. The normalized spacial score (nSPS) is 17.6. The molecule has 4 rings (SSSR count). The Hall–Kier alpha value is -3.30. The minimum Gasteiger partial charge on any atom is -0.472 e. The van der Waals surface area contributed by atoms with E-state index < -0.39 is 15.6 Å². The minimum absolute atomic E-state index is 0.203. The van der Waals surface area contributed by atoms with Crippen LogP contribution in [0.15, 0.2) is 83.8 Å². The summed E-state index contributed by atoms with van der Waals surface area (Å²) in [6.07, 6.45) is 0.997. The Bertz CT molecular complexity index is 1190. The molecule has 0 aromatic heterocycles. The first-order valence-electron chi connectivity index (χ1n) is 9.82. The maximum atomic E-state index is 13.5. The van der Waals surface area contributed by atoms with Crippen LogP contribution in [0.4, 0.5) is 5.69 Å². The number of hydrogen-bond acceptors (Lipinski definition) is 4. The lowest BCUT2D eigenvalue weighted by Gasteiger charge is -2.25. The largest absolute Gasteiger partial charge is 0.472 e. The lowest BCUT2D eigenvalue weighted by molar-refractivity contribution is 0.152. The van der Waals surface area contributed by atoms with Crippen LogP contribution >= 0.6 is 0 Å². The third-order valence-corrected chi connectivity index (χ3v) is 7.18. The van der Waals surface area contributed by atoms with Gasteiger partial charge < -0.3 is 4.74 Å². The molecule has 0 fully saturated rings. The van der Waals surface area contributed by atoms with E-state index in [2.05, 4.69) is 6.07 Å². The van der Waals surface area contributed by atoms with Crippen molar-refractivity contribution in [2.24, 2.45) is 0 Å². The second kappa shape index (κ2) is 7.85. The maximum absolute atomic E-state index is 13.5. The van der Waals surface area contributed by atoms with Crippen molar-refractivity contribution in [1.29, 1.82) is 5.26 Å². The fraction of sp³-hybridized carbons (Fsp3) is 0.208. The molecule has 1 atom stereocenters. The molecule has 0 amide bonds. The van der Waals surface area contributed by atoms with Gasteiger partial charge in [0.15, 0.2) is 5.60 Å². The fourth-order valence-electron chi connectivity index (χ4n) is 3.64. The monoisotopic (exact) mass is 418 g/mol. The van der Waals surface area contributed by atoms with Crippen molar-refractivity contribution in [3.05, 3.63) is 90.0 Å². The van der Waals surface area contributed by atoms with Gasteiger partial charge in [-0.3, -0.25) is 4.31 Å². The molecule has 3 aromatic rings. The summed E-state index contributed by atoms with van der Waals surface area (Å²) >= 11 is 0. The lowest BCUT2D eigenvalue weighted by Crippen LogP contribution is -2.31. The Morgan fingerprint density at radius 3 is 2.33 bits per heavy atom. The Morgan fingerprint density at radius 1 is 1.03 bits per heavy atom. The van der Waals surface area contributed by atoms with E-state index in [0.717, 1.165) is 11.1 Å². The summed E-state index contributed by atoms with van der Waals surface area (Å²) in [4.78, 5) is 0.234. The number of anilines is 1. The molecule has 0 saturated carbocycles. The Morgan fingerprint density at radius 2 is 1.70 bits per heavy atom. The fourth-order valence-corrected chi connectivity index (χ4v) is 5.10. The number of rotatable bonds is 6. The highest BCUT2D eigenvalue weighted by molar-refractivity contribution is 7.92. The highest BCUT2D eigenvalue weighted by atomic mass is 32.2. The maximum Gasteiger partial charge on any atom is 0.264 e. The zero-order valence-corrected chi connectivity index (χ0v) is 17.5. The molecule has 0 N–H and O–H groups in total. The quantitative estimate of drug-likeness (QED) is 0.582. The third-order valence-electron chi connectivity index (χ3n) is 5.39. The summed E-state index contributed by atoms with van der Waals surface area (Å²) in [6, 6.07) is 25.5. The number of benzene rings is 3. The molecule has 1 heterocycles. The standard InChI is InChI=1S/C24H22N2O3S/c1-2-24(18-25)16-20-15-21(13-14-23(20)29-24)26(17-19-9-5-3-6-10-19)30(27,28)22-11-7-4-8-12-22/h3-15H,2,16-17H2,1H3. The second-order valence-corrected chi connectivity index (χ2v) is 9.20. The van der Waals surface area contributed by atoms with Crippen LogP contribution in [0.3, 0.4) is 0 Å². The van der Waals surface area contributed by atoms with Gasteiger partial charge >= 0.3 is 0 Å². The molecule has 0 aliphatic carbocycles. The molecule has 1 aliphatic rings. The molecule has 30 heavy (non-hydrogen) atoms. The van der Waals surface area contributed by atoms with Crippen molar-refractivity contribution >= 4 is 15.7 Å². The number of sulfonamides is 1. The molecule has 0 bridgehead atoms.